The normalized spacial score (nSPS) is 13.6. The topological polar surface area (TPSA) is 178 Å². The molecule has 2 heterocycles. The summed E-state index contributed by atoms with van der Waals surface area (Å²) < 4.78 is 25.0. The maximum atomic E-state index is 12.9. The summed E-state index contributed by atoms with van der Waals surface area (Å²) in [4.78, 5) is 72.6. The van der Waals surface area contributed by atoms with Crippen LogP contribution in [0.2, 0.25) is 0 Å². The first kappa shape index (κ1) is 42.8. The number of nitro benzene ring substituents is 2. The Bertz CT molecular complexity index is 2170. The summed E-state index contributed by atoms with van der Waals surface area (Å²) in [6.07, 6.45) is 2.03. The Morgan fingerprint density at radius 3 is 1.60 bits per heavy atom. The van der Waals surface area contributed by atoms with Crippen molar-refractivity contribution >= 4 is 102 Å². The van der Waals surface area contributed by atoms with Crippen molar-refractivity contribution in [2.75, 3.05) is 30.0 Å². The van der Waals surface area contributed by atoms with Gasteiger partial charge in [0.1, 0.15) is 6.29 Å². The molecule has 0 fully saturated rings. The Kier molecular flexibility index (Phi) is 16.0. The van der Waals surface area contributed by atoms with Crippen LogP contribution in [-0.4, -0.2) is 54.0 Å². The lowest BCUT2D eigenvalue weighted by Crippen LogP contribution is -2.32. The molecule has 0 aromatic heterocycles. The Labute approximate surface area is 334 Å². The van der Waals surface area contributed by atoms with Gasteiger partial charge >= 0.3 is 5.20 Å². The number of carbonyl (C=O) groups is 4. The molecule has 4 aromatic carbocycles. The number of hydrogen-bond donors (Lipinski definition) is 0. The third-order valence-electron chi connectivity index (χ3n) is 7.88. The minimum atomic E-state index is -3.22. The van der Waals surface area contributed by atoms with E-state index in [9.17, 15) is 48.4 Å². The van der Waals surface area contributed by atoms with Gasteiger partial charge in [-0.05, 0) is 89.0 Å². The fraction of sp³-hybridized carbons (Fsp3) is 0.167. The number of rotatable bonds is 5. The second-order valence-electron chi connectivity index (χ2n) is 11.2. The van der Waals surface area contributed by atoms with Crippen molar-refractivity contribution in [1.29, 1.82) is 0 Å². The number of halogens is 5. The molecule has 2 aliphatic heterocycles. The standard InChI is InChI=1S/C18H13ClN2O4.C17H14N2O4.CH3F.Cl3OP/c19-17-13(11-22)9-10-20(16-4-2-1-3-15(16)17)18(23)12-5-7-14(8-6-12)21(24)25;20-16-6-3-11-18(15-5-2-1-4-14(15)16)17(21)12-7-9-13(10-8-12)19(22)23;1-2;1-5(2,3)4/h1-8,11H,9-10H2;1-2,4-5,7-10H,3,6,11H2;1H3;/i;;1D;. The summed E-state index contributed by atoms with van der Waals surface area (Å²) in [6, 6.07) is 25.0. The maximum absolute atomic E-state index is 12.9. The van der Waals surface area contributed by atoms with Gasteiger partial charge in [0.05, 0.1) is 34.8 Å². The fourth-order valence-electron chi connectivity index (χ4n) is 5.42. The number of ketones is 1. The van der Waals surface area contributed by atoms with Crippen LogP contribution in [0.25, 0.3) is 5.03 Å². The number of hydrogen-bond acceptors (Lipinski definition) is 9. The summed E-state index contributed by atoms with van der Waals surface area (Å²) in [7, 11) is -1.00. The number of non-ortho nitro benzene ring substituents is 2. The van der Waals surface area contributed by atoms with Crippen LogP contribution in [0.4, 0.5) is 27.1 Å². The average molecular weight is 855 g/mol. The maximum Gasteiger partial charge on any atom is 0.339 e. The van der Waals surface area contributed by atoms with Crippen LogP contribution in [0, 0.1) is 20.2 Å². The quantitative estimate of drug-likeness (QED) is 0.0817. The molecule has 0 saturated carbocycles. The highest BCUT2D eigenvalue weighted by Crippen LogP contribution is 2.61. The smallest absolute Gasteiger partial charge is 0.308 e. The molecular formula is C36H30Cl4FN4O9P. The molecule has 55 heavy (non-hydrogen) atoms. The van der Waals surface area contributed by atoms with Crippen molar-refractivity contribution < 1.29 is 39.4 Å². The van der Waals surface area contributed by atoms with Crippen LogP contribution >= 0.6 is 50.5 Å². The first-order valence-electron chi connectivity index (χ1n) is 16.4. The largest absolute Gasteiger partial charge is 0.339 e. The lowest BCUT2D eigenvalue weighted by atomic mass is 10.1. The number of nitro groups is 2. The Morgan fingerprint density at radius 1 is 0.764 bits per heavy atom. The van der Waals surface area contributed by atoms with E-state index >= 15 is 0 Å². The summed E-state index contributed by atoms with van der Waals surface area (Å²) in [5.74, 6) is -0.541. The molecule has 6 rings (SSSR count). The van der Waals surface area contributed by atoms with Crippen molar-refractivity contribution in [1.82, 2.24) is 0 Å². The minimum Gasteiger partial charge on any atom is -0.308 e. The Morgan fingerprint density at radius 2 is 1.16 bits per heavy atom. The van der Waals surface area contributed by atoms with Gasteiger partial charge in [-0.3, -0.25) is 48.4 Å². The lowest BCUT2D eigenvalue weighted by Gasteiger charge is -2.23. The zero-order chi connectivity index (χ0) is 41.6. The molecule has 0 aliphatic carbocycles. The molecule has 0 atom stereocenters. The summed E-state index contributed by atoms with van der Waals surface area (Å²) in [5, 5.41) is 18.6. The Balaban J connectivity index is 0.000000253. The van der Waals surface area contributed by atoms with Gasteiger partial charge in [-0.1, -0.05) is 41.9 Å². The number of Topliss-reactive ketones (excluding diaryl/α,β-unsaturated/α-hetero) is 1. The van der Waals surface area contributed by atoms with E-state index in [0.29, 0.717) is 76.3 Å². The first-order chi connectivity index (χ1) is 26.5. The number of amides is 2. The van der Waals surface area contributed by atoms with E-state index in [1.165, 1.54) is 53.4 Å². The van der Waals surface area contributed by atoms with Gasteiger partial charge in [-0.25, -0.2) is 0 Å². The lowest BCUT2D eigenvalue weighted by molar-refractivity contribution is -0.385. The van der Waals surface area contributed by atoms with E-state index in [1.54, 1.807) is 53.4 Å². The second-order valence-corrected chi connectivity index (χ2v) is 18.2. The van der Waals surface area contributed by atoms with E-state index in [-0.39, 0.29) is 35.5 Å². The van der Waals surface area contributed by atoms with E-state index in [2.05, 4.69) is 33.7 Å². The van der Waals surface area contributed by atoms with Crippen LogP contribution in [0.1, 0.15) is 57.3 Å². The van der Waals surface area contributed by atoms with Crippen LogP contribution in [0.15, 0.2) is 103 Å². The number of alkyl halides is 1. The van der Waals surface area contributed by atoms with E-state index in [1.807, 2.05) is 0 Å². The van der Waals surface area contributed by atoms with Crippen molar-refractivity contribution in [2.45, 2.75) is 19.3 Å². The van der Waals surface area contributed by atoms with Crippen molar-refractivity contribution in [3.05, 3.63) is 145 Å². The summed E-state index contributed by atoms with van der Waals surface area (Å²) >= 11 is 20.2. The van der Waals surface area contributed by atoms with Gasteiger partial charge in [0.2, 0.25) is 0 Å². The van der Waals surface area contributed by atoms with Crippen LogP contribution < -0.4 is 9.80 Å². The van der Waals surface area contributed by atoms with Gasteiger partial charge < -0.3 is 9.80 Å². The van der Waals surface area contributed by atoms with Gasteiger partial charge in [-0.2, -0.15) is 0 Å². The number of para-hydroxylation sites is 2. The highest BCUT2D eigenvalue weighted by molar-refractivity contribution is 8.24. The van der Waals surface area contributed by atoms with Gasteiger partial charge in [0.15, 0.2) is 5.78 Å². The van der Waals surface area contributed by atoms with E-state index < -0.39 is 22.2 Å². The summed E-state index contributed by atoms with van der Waals surface area (Å²) in [6.45, 7) is 0.732. The second kappa shape index (κ2) is 20.6. The number of aldehydes is 1. The van der Waals surface area contributed by atoms with Crippen LogP contribution in [-0.2, 0) is 9.36 Å². The molecule has 0 spiro atoms. The molecular weight excluding hydrogens is 824 g/mol. The summed E-state index contributed by atoms with van der Waals surface area (Å²) in [5.41, 5.74) is 3.33. The molecule has 0 N–H and O–H groups in total. The van der Waals surface area contributed by atoms with Crippen LogP contribution in [0.3, 0.4) is 0 Å². The number of anilines is 2. The Hall–Kier alpha value is -4.98. The molecule has 4 aromatic rings. The number of benzene rings is 4. The molecule has 288 valence electrons. The molecule has 0 bridgehead atoms. The SMILES string of the molecule is O=C1CCCN(C(=O)c2ccc([N+](=O)[O-])cc2)c2ccccc21.O=CC1=C(Cl)c2ccccc2N(C(=O)c2ccc([N+](=O)[O-])cc2)CC1.O=P(Cl)(Cl)Cl.[2H]CF. The predicted octanol–water partition coefficient (Wildman–Crippen LogP) is 10.4. The zero-order valence-corrected chi connectivity index (χ0v) is 32.3. The first-order valence-corrected chi connectivity index (χ1v) is 20.5. The van der Waals surface area contributed by atoms with Gasteiger partial charge in [0.25, 0.3) is 23.2 Å². The van der Waals surface area contributed by atoms with Crippen LogP contribution in [0.5, 0.6) is 0 Å². The third-order valence-corrected chi connectivity index (χ3v) is 8.33. The van der Waals surface area contributed by atoms with Crippen molar-refractivity contribution in [3.63, 3.8) is 0 Å². The highest BCUT2D eigenvalue weighted by atomic mass is 36.0. The molecule has 0 radical (unpaired) electrons. The number of carbonyl (C=O) groups excluding carboxylic acids is 4. The van der Waals surface area contributed by atoms with Gasteiger partial charge in [-0.15, -0.1) is 0 Å². The third kappa shape index (κ3) is 12.3. The molecule has 2 amide bonds. The van der Waals surface area contributed by atoms with Crippen molar-refractivity contribution in [3.8, 4) is 0 Å². The molecule has 13 nitrogen and oxygen atoms in total. The molecule has 0 unspecified atom stereocenters. The van der Waals surface area contributed by atoms with E-state index in [0.717, 1.165) is 0 Å². The molecule has 2 aliphatic rings. The average Bonchev–Trinajstić information content (AvgIpc) is 3.43. The monoisotopic (exact) mass is 853 g/mol. The predicted molar refractivity (Wildman–Crippen MR) is 212 cm³/mol. The molecule has 0 saturated heterocycles. The van der Waals surface area contributed by atoms with Crippen molar-refractivity contribution in [2.24, 2.45) is 0 Å². The molecule has 19 heteroatoms. The fourth-order valence-corrected chi connectivity index (χ4v) is 5.72. The highest BCUT2D eigenvalue weighted by Gasteiger charge is 2.27. The van der Waals surface area contributed by atoms with Gasteiger partial charge in [0, 0.05) is 71.6 Å². The van der Waals surface area contributed by atoms with E-state index in [4.69, 9.17) is 13.0 Å². The number of nitrogens with zero attached hydrogens (tertiary/aromatic N) is 4. The zero-order valence-electron chi connectivity index (χ0n) is 29.4. The number of fused-ring (bicyclic) bond motifs is 2. The minimum absolute atomic E-state index is 0.0274.